The Morgan fingerprint density at radius 1 is 1.31 bits per heavy atom. The lowest BCUT2D eigenvalue weighted by atomic mass is 10.3. The lowest BCUT2D eigenvalue weighted by Crippen LogP contribution is -1.94. The molecule has 0 bridgehead atoms. The molecular weight excluding hydrogens is 233 g/mol. The molecule has 0 radical (unpaired) electrons. The van der Waals surface area contributed by atoms with Gasteiger partial charge in [-0.05, 0) is 12.1 Å². The zero-order valence-corrected chi connectivity index (χ0v) is 8.78. The highest BCUT2D eigenvalue weighted by Gasteiger charge is 2.04. The van der Waals surface area contributed by atoms with Gasteiger partial charge in [-0.25, -0.2) is 4.39 Å². The van der Waals surface area contributed by atoms with E-state index in [2.05, 4.69) is 9.97 Å². The average molecular weight is 240 g/mol. The fourth-order valence-corrected chi connectivity index (χ4v) is 1.24. The first-order valence-corrected chi connectivity index (χ1v) is 4.73. The predicted octanol–water partition coefficient (Wildman–Crippen LogP) is 2.64. The van der Waals surface area contributed by atoms with Gasteiger partial charge in [-0.2, -0.15) is 4.98 Å². The van der Waals surface area contributed by atoms with Crippen molar-refractivity contribution in [3.63, 3.8) is 0 Å². The molecule has 16 heavy (non-hydrogen) atoms. The molecule has 0 amide bonds. The summed E-state index contributed by atoms with van der Waals surface area (Å²) >= 11 is 5.60. The van der Waals surface area contributed by atoms with E-state index in [-0.39, 0.29) is 16.7 Å². The standard InChI is InChI=1S/C10H7ClFN3O/c11-7-3-6(1-2-8(7)12)16-10-5-14-4-9(13)15-10/h1-5H,(H2,13,15). The van der Waals surface area contributed by atoms with Gasteiger partial charge < -0.3 is 10.5 Å². The molecule has 1 heterocycles. The Kier molecular flexibility index (Phi) is 2.87. The first kappa shape index (κ1) is 10.6. The van der Waals surface area contributed by atoms with Crippen LogP contribution >= 0.6 is 11.6 Å². The molecule has 6 heteroatoms. The van der Waals surface area contributed by atoms with E-state index in [1.165, 1.54) is 30.6 Å². The van der Waals surface area contributed by atoms with Crippen LogP contribution < -0.4 is 10.5 Å². The summed E-state index contributed by atoms with van der Waals surface area (Å²) in [4.78, 5) is 7.68. The number of benzene rings is 1. The van der Waals surface area contributed by atoms with Crippen LogP contribution in [0.3, 0.4) is 0 Å². The van der Waals surface area contributed by atoms with Gasteiger partial charge in [0.05, 0.1) is 17.4 Å². The molecule has 4 nitrogen and oxygen atoms in total. The molecule has 0 atom stereocenters. The number of hydrogen-bond donors (Lipinski definition) is 1. The molecular formula is C10H7ClFN3O. The first-order valence-electron chi connectivity index (χ1n) is 4.35. The topological polar surface area (TPSA) is 61.0 Å². The number of anilines is 1. The molecule has 2 aromatic rings. The maximum atomic E-state index is 12.9. The van der Waals surface area contributed by atoms with Crippen LogP contribution in [0, 0.1) is 5.82 Å². The van der Waals surface area contributed by atoms with E-state index in [4.69, 9.17) is 22.1 Å². The third kappa shape index (κ3) is 2.38. The second-order valence-electron chi connectivity index (χ2n) is 2.96. The fourth-order valence-electron chi connectivity index (χ4n) is 1.07. The maximum Gasteiger partial charge on any atom is 0.239 e. The monoisotopic (exact) mass is 239 g/mol. The number of hydrogen-bond acceptors (Lipinski definition) is 4. The minimum atomic E-state index is -0.507. The van der Waals surface area contributed by atoms with Gasteiger partial charge in [0.2, 0.25) is 5.88 Å². The summed E-state index contributed by atoms with van der Waals surface area (Å²) < 4.78 is 18.2. The van der Waals surface area contributed by atoms with Crippen LogP contribution in [0.15, 0.2) is 30.6 Å². The fraction of sp³-hybridized carbons (Fsp3) is 0. The highest BCUT2D eigenvalue weighted by atomic mass is 35.5. The number of halogens is 2. The molecule has 1 aromatic heterocycles. The van der Waals surface area contributed by atoms with Crippen molar-refractivity contribution >= 4 is 17.4 Å². The van der Waals surface area contributed by atoms with Crippen molar-refractivity contribution in [2.24, 2.45) is 0 Å². The van der Waals surface area contributed by atoms with Crippen LogP contribution in [0.1, 0.15) is 0 Å². The lowest BCUT2D eigenvalue weighted by Gasteiger charge is -2.04. The quantitative estimate of drug-likeness (QED) is 0.875. The van der Waals surface area contributed by atoms with Gasteiger partial charge in [-0.3, -0.25) is 4.98 Å². The SMILES string of the molecule is Nc1cncc(Oc2ccc(F)c(Cl)c2)n1. The Morgan fingerprint density at radius 3 is 2.81 bits per heavy atom. The zero-order valence-electron chi connectivity index (χ0n) is 8.02. The summed E-state index contributed by atoms with van der Waals surface area (Å²) in [5, 5.41) is -0.0191. The van der Waals surface area contributed by atoms with E-state index in [0.29, 0.717) is 5.75 Å². The van der Waals surface area contributed by atoms with Crippen LogP contribution in [0.5, 0.6) is 11.6 Å². The highest BCUT2D eigenvalue weighted by Crippen LogP contribution is 2.24. The Balaban J connectivity index is 2.24. The Morgan fingerprint density at radius 2 is 2.12 bits per heavy atom. The van der Waals surface area contributed by atoms with Crippen molar-refractivity contribution in [1.82, 2.24) is 9.97 Å². The molecule has 2 rings (SSSR count). The Hall–Kier alpha value is -1.88. The van der Waals surface area contributed by atoms with Gasteiger partial charge in [0.1, 0.15) is 17.4 Å². The molecule has 0 aliphatic heterocycles. The number of rotatable bonds is 2. The van der Waals surface area contributed by atoms with Crippen molar-refractivity contribution in [3.8, 4) is 11.6 Å². The minimum absolute atomic E-state index is 0.0191. The van der Waals surface area contributed by atoms with Crippen LogP contribution in [0.4, 0.5) is 10.2 Å². The van der Waals surface area contributed by atoms with E-state index in [9.17, 15) is 4.39 Å². The number of nitrogen functional groups attached to an aromatic ring is 1. The minimum Gasteiger partial charge on any atom is -0.437 e. The molecule has 2 N–H and O–H groups in total. The molecule has 0 aliphatic rings. The number of nitrogens with zero attached hydrogens (tertiary/aromatic N) is 2. The van der Waals surface area contributed by atoms with E-state index >= 15 is 0 Å². The van der Waals surface area contributed by atoms with E-state index in [0.717, 1.165) is 0 Å². The summed E-state index contributed by atoms with van der Waals surface area (Å²) in [5.41, 5.74) is 5.43. The van der Waals surface area contributed by atoms with Gasteiger partial charge in [-0.1, -0.05) is 11.6 Å². The zero-order chi connectivity index (χ0) is 11.5. The van der Waals surface area contributed by atoms with Crippen LogP contribution in [0.2, 0.25) is 5.02 Å². The number of ether oxygens (including phenoxy) is 1. The van der Waals surface area contributed by atoms with Crippen molar-refractivity contribution in [1.29, 1.82) is 0 Å². The van der Waals surface area contributed by atoms with E-state index in [1.54, 1.807) is 0 Å². The highest BCUT2D eigenvalue weighted by molar-refractivity contribution is 6.30. The lowest BCUT2D eigenvalue weighted by molar-refractivity contribution is 0.459. The van der Waals surface area contributed by atoms with Gasteiger partial charge >= 0.3 is 0 Å². The second kappa shape index (κ2) is 4.32. The molecule has 0 saturated carbocycles. The van der Waals surface area contributed by atoms with Crippen molar-refractivity contribution < 1.29 is 9.13 Å². The normalized spacial score (nSPS) is 10.1. The van der Waals surface area contributed by atoms with Crippen molar-refractivity contribution in [2.45, 2.75) is 0 Å². The summed E-state index contributed by atoms with van der Waals surface area (Å²) in [6.45, 7) is 0. The number of aromatic nitrogens is 2. The largest absolute Gasteiger partial charge is 0.437 e. The Labute approximate surface area is 95.9 Å². The van der Waals surface area contributed by atoms with Gasteiger partial charge in [-0.15, -0.1) is 0 Å². The molecule has 0 unspecified atom stereocenters. The Bertz CT molecular complexity index is 521. The van der Waals surface area contributed by atoms with Crippen LogP contribution in [-0.4, -0.2) is 9.97 Å². The third-order valence-corrected chi connectivity index (χ3v) is 2.03. The van der Waals surface area contributed by atoms with E-state index < -0.39 is 5.82 Å². The molecule has 1 aromatic carbocycles. The van der Waals surface area contributed by atoms with Crippen molar-refractivity contribution in [3.05, 3.63) is 41.4 Å². The molecule has 0 fully saturated rings. The van der Waals surface area contributed by atoms with E-state index in [1.807, 2.05) is 0 Å². The second-order valence-corrected chi connectivity index (χ2v) is 3.37. The number of nitrogens with two attached hydrogens (primary N) is 1. The maximum absolute atomic E-state index is 12.9. The molecule has 0 spiro atoms. The predicted molar refractivity (Wildman–Crippen MR) is 57.9 cm³/mol. The molecule has 0 aliphatic carbocycles. The smallest absolute Gasteiger partial charge is 0.239 e. The molecule has 0 saturated heterocycles. The van der Waals surface area contributed by atoms with Gasteiger partial charge in [0.25, 0.3) is 0 Å². The van der Waals surface area contributed by atoms with Crippen molar-refractivity contribution in [2.75, 3.05) is 5.73 Å². The first-order chi connectivity index (χ1) is 7.65. The average Bonchev–Trinajstić information content (AvgIpc) is 2.24. The summed E-state index contributed by atoms with van der Waals surface area (Å²) in [7, 11) is 0. The molecule has 82 valence electrons. The van der Waals surface area contributed by atoms with Crippen LogP contribution in [0.25, 0.3) is 0 Å². The van der Waals surface area contributed by atoms with Gasteiger partial charge in [0, 0.05) is 6.07 Å². The van der Waals surface area contributed by atoms with Gasteiger partial charge in [0.15, 0.2) is 0 Å². The summed E-state index contributed by atoms with van der Waals surface area (Å²) in [5.74, 6) is 0.326. The third-order valence-electron chi connectivity index (χ3n) is 1.74. The summed E-state index contributed by atoms with van der Waals surface area (Å²) in [6.07, 6.45) is 2.79. The van der Waals surface area contributed by atoms with Crippen LogP contribution in [-0.2, 0) is 0 Å². The summed E-state index contributed by atoms with van der Waals surface area (Å²) in [6, 6.07) is 3.99.